The first-order chi connectivity index (χ1) is 7.77. The molecule has 0 saturated heterocycles. The lowest BCUT2D eigenvalue weighted by Crippen LogP contribution is -1.89. The monoisotopic (exact) mass is 249 g/mol. The molecule has 80 valence electrons. The SMILES string of the molecule is Cl/C(=N\c1ccccc1Cl)c1ccccc1. The number of nitrogens with zero attached hydrogens (tertiary/aromatic N) is 1. The summed E-state index contributed by atoms with van der Waals surface area (Å²) < 4.78 is 0. The molecule has 0 fully saturated rings. The molecule has 3 heteroatoms. The molecule has 0 radical (unpaired) electrons. The maximum Gasteiger partial charge on any atom is 0.137 e. The van der Waals surface area contributed by atoms with E-state index < -0.39 is 0 Å². The van der Waals surface area contributed by atoms with Crippen molar-refractivity contribution in [2.45, 2.75) is 0 Å². The fourth-order valence-electron chi connectivity index (χ4n) is 1.29. The Balaban J connectivity index is 2.36. The van der Waals surface area contributed by atoms with E-state index in [0.717, 1.165) is 5.56 Å². The fourth-order valence-corrected chi connectivity index (χ4v) is 1.68. The van der Waals surface area contributed by atoms with Crippen LogP contribution in [0.2, 0.25) is 5.02 Å². The van der Waals surface area contributed by atoms with Gasteiger partial charge in [-0.1, -0.05) is 65.7 Å². The molecule has 0 saturated carbocycles. The lowest BCUT2D eigenvalue weighted by atomic mass is 10.2. The summed E-state index contributed by atoms with van der Waals surface area (Å²) in [6.07, 6.45) is 0. The minimum absolute atomic E-state index is 0.439. The van der Waals surface area contributed by atoms with Gasteiger partial charge in [-0.3, -0.25) is 0 Å². The number of hydrogen-bond acceptors (Lipinski definition) is 1. The van der Waals surface area contributed by atoms with E-state index in [1.165, 1.54) is 0 Å². The Bertz CT molecular complexity index is 506. The summed E-state index contributed by atoms with van der Waals surface area (Å²) in [5, 5.41) is 1.03. The maximum absolute atomic E-state index is 6.10. The summed E-state index contributed by atoms with van der Waals surface area (Å²) in [5.41, 5.74) is 1.56. The van der Waals surface area contributed by atoms with Crippen LogP contribution < -0.4 is 0 Å². The van der Waals surface area contributed by atoms with Gasteiger partial charge in [0, 0.05) is 5.56 Å². The van der Waals surface area contributed by atoms with Crippen molar-refractivity contribution in [1.29, 1.82) is 0 Å². The largest absolute Gasteiger partial charge is 0.235 e. The molecule has 0 atom stereocenters. The van der Waals surface area contributed by atoms with Crippen LogP contribution in [-0.2, 0) is 0 Å². The van der Waals surface area contributed by atoms with Gasteiger partial charge in [0.2, 0.25) is 0 Å². The Kier molecular flexibility index (Phi) is 3.60. The van der Waals surface area contributed by atoms with Crippen molar-refractivity contribution in [3.05, 3.63) is 65.2 Å². The van der Waals surface area contributed by atoms with E-state index in [1.54, 1.807) is 6.07 Å². The third-order valence-electron chi connectivity index (χ3n) is 2.08. The van der Waals surface area contributed by atoms with Gasteiger partial charge in [-0.25, -0.2) is 4.99 Å². The van der Waals surface area contributed by atoms with E-state index in [-0.39, 0.29) is 0 Å². The maximum atomic E-state index is 6.10. The zero-order chi connectivity index (χ0) is 11.4. The summed E-state index contributed by atoms with van der Waals surface area (Å²) in [7, 11) is 0. The summed E-state index contributed by atoms with van der Waals surface area (Å²) in [5.74, 6) is 0. The molecule has 2 rings (SSSR count). The van der Waals surface area contributed by atoms with Crippen molar-refractivity contribution in [2.24, 2.45) is 4.99 Å². The number of para-hydroxylation sites is 1. The van der Waals surface area contributed by atoms with Gasteiger partial charge >= 0.3 is 0 Å². The van der Waals surface area contributed by atoms with Crippen LogP contribution >= 0.6 is 23.2 Å². The number of aliphatic imine (C=N–C) groups is 1. The molecule has 16 heavy (non-hydrogen) atoms. The molecule has 0 heterocycles. The molecule has 0 bridgehead atoms. The summed E-state index contributed by atoms with van der Waals surface area (Å²) in [4.78, 5) is 4.28. The number of halogens is 2. The molecular weight excluding hydrogens is 241 g/mol. The molecule has 2 aromatic carbocycles. The quantitative estimate of drug-likeness (QED) is 0.687. The zero-order valence-electron chi connectivity index (χ0n) is 8.40. The van der Waals surface area contributed by atoms with Crippen molar-refractivity contribution in [3.8, 4) is 0 Å². The summed E-state index contributed by atoms with van der Waals surface area (Å²) >= 11 is 12.1. The molecule has 0 amide bonds. The Morgan fingerprint density at radius 2 is 1.50 bits per heavy atom. The zero-order valence-corrected chi connectivity index (χ0v) is 9.91. The van der Waals surface area contributed by atoms with Crippen LogP contribution in [0, 0.1) is 0 Å². The molecular formula is C13H9Cl2N. The van der Waals surface area contributed by atoms with Crippen LogP contribution in [0.15, 0.2) is 59.6 Å². The summed E-state index contributed by atoms with van der Waals surface area (Å²) in [6, 6.07) is 16.9. The standard InChI is InChI=1S/C13H9Cl2N/c14-11-8-4-5-9-12(11)16-13(15)10-6-2-1-3-7-10/h1-9H/b16-13-. The lowest BCUT2D eigenvalue weighted by molar-refractivity contribution is 1.52. The van der Waals surface area contributed by atoms with E-state index in [2.05, 4.69) is 4.99 Å². The van der Waals surface area contributed by atoms with E-state index in [9.17, 15) is 0 Å². The minimum Gasteiger partial charge on any atom is -0.235 e. The average Bonchev–Trinajstić information content (AvgIpc) is 2.33. The van der Waals surface area contributed by atoms with Gasteiger partial charge in [0.15, 0.2) is 0 Å². The van der Waals surface area contributed by atoms with Crippen LogP contribution in [0.25, 0.3) is 0 Å². The first-order valence-corrected chi connectivity index (χ1v) is 5.57. The first-order valence-electron chi connectivity index (χ1n) is 4.81. The Morgan fingerprint density at radius 3 is 2.19 bits per heavy atom. The van der Waals surface area contributed by atoms with E-state index >= 15 is 0 Å². The predicted octanol–water partition coefficient (Wildman–Crippen LogP) is 4.66. The third kappa shape index (κ3) is 2.63. The Morgan fingerprint density at radius 1 is 0.875 bits per heavy atom. The van der Waals surface area contributed by atoms with Crippen molar-refractivity contribution >= 4 is 34.1 Å². The van der Waals surface area contributed by atoms with Crippen molar-refractivity contribution in [2.75, 3.05) is 0 Å². The average molecular weight is 250 g/mol. The van der Waals surface area contributed by atoms with Gasteiger partial charge in [0.25, 0.3) is 0 Å². The smallest absolute Gasteiger partial charge is 0.137 e. The highest BCUT2D eigenvalue weighted by Gasteiger charge is 2.01. The normalized spacial score (nSPS) is 11.5. The van der Waals surface area contributed by atoms with Crippen molar-refractivity contribution < 1.29 is 0 Å². The van der Waals surface area contributed by atoms with Crippen LogP contribution in [-0.4, -0.2) is 5.17 Å². The highest BCUT2D eigenvalue weighted by atomic mass is 35.5. The second-order valence-electron chi connectivity index (χ2n) is 3.22. The number of rotatable bonds is 2. The third-order valence-corrected chi connectivity index (χ3v) is 2.71. The van der Waals surface area contributed by atoms with Gasteiger partial charge in [-0.05, 0) is 12.1 Å². The molecule has 0 unspecified atom stereocenters. The van der Waals surface area contributed by atoms with Gasteiger partial charge in [0.1, 0.15) is 5.17 Å². The molecule has 0 aliphatic carbocycles. The predicted molar refractivity (Wildman–Crippen MR) is 69.9 cm³/mol. The molecule has 2 aromatic rings. The van der Waals surface area contributed by atoms with E-state index in [1.807, 2.05) is 48.5 Å². The number of hydrogen-bond donors (Lipinski definition) is 0. The minimum atomic E-state index is 0.439. The molecule has 1 nitrogen and oxygen atoms in total. The van der Waals surface area contributed by atoms with Gasteiger partial charge < -0.3 is 0 Å². The van der Waals surface area contributed by atoms with Crippen LogP contribution in [0.5, 0.6) is 0 Å². The highest BCUT2D eigenvalue weighted by molar-refractivity contribution is 6.69. The molecule has 0 aromatic heterocycles. The Hall–Kier alpha value is -1.31. The second-order valence-corrected chi connectivity index (χ2v) is 3.99. The summed E-state index contributed by atoms with van der Waals surface area (Å²) in [6.45, 7) is 0. The van der Waals surface area contributed by atoms with Gasteiger partial charge in [-0.15, -0.1) is 0 Å². The van der Waals surface area contributed by atoms with Crippen LogP contribution in [0.1, 0.15) is 5.56 Å². The first kappa shape index (κ1) is 11.2. The lowest BCUT2D eigenvalue weighted by Gasteiger charge is -2.00. The second kappa shape index (κ2) is 5.15. The molecule has 0 N–H and O–H groups in total. The van der Waals surface area contributed by atoms with E-state index in [4.69, 9.17) is 23.2 Å². The topological polar surface area (TPSA) is 12.4 Å². The van der Waals surface area contributed by atoms with Crippen molar-refractivity contribution in [1.82, 2.24) is 0 Å². The van der Waals surface area contributed by atoms with Crippen LogP contribution in [0.4, 0.5) is 5.69 Å². The van der Waals surface area contributed by atoms with Crippen LogP contribution in [0.3, 0.4) is 0 Å². The fraction of sp³-hybridized carbons (Fsp3) is 0. The molecule has 0 aliphatic heterocycles. The Labute approximate surface area is 104 Å². The van der Waals surface area contributed by atoms with E-state index in [0.29, 0.717) is 15.9 Å². The molecule has 0 spiro atoms. The van der Waals surface area contributed by atoms with Gasteiger partial charge in [-0.2, -0.15) is 0 Å². The van der Waals surface area contributed by atoms with Crippen molar-refractivity contribution in [3.63, 3.8) is 0 Å². The molecule has 0 aliphatic rings. The highest BCUT2D eigenvalue weighted by Crippen LogP contribution is 2.25. The number of benzene rings is 2. The van der Waals surface area contributed by atoms with Gasteiger partial charge in [0.05, 0.1) is 10.7 Å².